The third kappa shape index (κ3) is 2.86. The number of hydrogen-bond donors (Lipinski definition) is 1. The summed E-state index contributed by atoms with van der Waals surface area (Å²) in [6.07, 6.45) is 0.908. The van der Waals surface area contributed by atoms with Crippen molar-refractivity contribution in [3.8, 4) is 5.75 Å². The van der Waals surface area contributed by atoms with Crippen LogP contribution in [-0.2, 0) is 0 Å². The van der Waals surface area contributed by atoms with E-state index in [1.807, 2.05) is 18.2 Å². The van der Waals surface area contributed by atoms with Crippen LogP contribution < -0.4 is 5.43 Å². The normalized spacial score (nSPS) is 19.7. The van der Waals surface area contributed by atoms with Gasteiger partial charge in [-0.2, -0.15) is 0 Å². The molecule has 1 aliphatic rings. The average molecular weight is 313 g/mol. The van der Waals surface area contributed by atoms with Crippen molar-refractivity contribution in [2.75, 3.05) is 13.1 Å². The van der Waals surface area contributed by atoms with E-state index >= 15 is 0 Å². The summed E-state index contributed by atoms with van der Waals surface area (Å²) in [5, 5.41) is 9.23. The van der Waals surface area contributed by atoms with Crippen molar-refractivity contribution >= 4 is 5.91 Å². The fourth-order valence-electron chi connectivity index (χ4n) is 3.20. The van der Waals surface area contributed by atoms with Crippen molar-refractivity contribution in [2.45, 2.75) is 19.8 Å². The standard InChI is InChI=1S/C18H19NO4/c1-18(2)11-19(9-13(18)12-6-4-3-5-7-12)17(22)16-8-14(20)15(21)10-23-16/h3-8,10,13,21H,9,11H2,1-2H3. The number of carbonyl (C=O) groups excluding carboxylic acids is 1. The molecule has 1 saturated heterocycles. The number of rotatable bonds is 2. The third-order valence-electron chi connectivity index (χ3n) is 4.46. The van der Waals surface area contributed by atoms with Crippen molar-refractivity contribution in [3.63, 3.8) is 0 Å². The molecule has 1 aliphatic heterocycles. The minimum atomic E-state index is -0.613. The van der Waals surface area contributed by atoms with E-state index in [9.17, 15) is 14.7 Å². The SMILES string of the molecule is CC1(C)CN(C(=O)c2cc(=O)c(O)co2)CC1c1ccccc1. The summed E-state index contributed by atoms with van der Waals surface area (Å²) in [5.41, 5.74) is 0.506. The predicted molar refractivity (Wildman–Crippen MR) is 85.5 cm³/mol. The third-order valence-corrected chi connectivity index (χ3v) is 4.46. The number of likely N-dealkylation sites (tertiary alicyclic amines) is 1. The summed E-state index contributed by atoms with van der Waals surface area (Å²) in [6, 6.07) is 11.1. The Morgan fingerprint density at radius 1 is 1.30 bits per heavy atom. The minimum absolute atomic E-state index is 0.0442. The Kier molecular flexibility index (Phi) is 3.72. The van der Waals surface area contributed by atoms with Crippen LogP contribution in [0.2, 0.25) is 0 Å². The molecule has 1 amide bonds. The van der Waals surface area contributed by atoms with E-state index in [-0.39, 0.29) is 23.0 Å². The maximum Gasteiger partial charge on any atom is 0.289 e. The molecular formula is C18H19NO4. The molecule has 1 atom stereocenters. The lowest BCUT2D eigenvalue weighted by atomic mass is 9.78. The highest BCUT2D eigenvalue weighted by Crippen LogP contribution is 2.42. The highest BCUT2D eigenvalue weighted by atomic mass is 16.4. The average Bonchev–Trinajstić information content (AvgIpc) is 2.85. The van der Waals surface area contributed by atoms with Crippen LogP contribution in [0, 0.1) is 5.41 Å². The smallest absolute Gasteiger partial charge is 0.289 e. The second-order valence-corrected chi connectivity index (χ2v) is 6.63. The van der Waals surface area contributed by atoms with E-state index in [2.05, 4.69) is 26.0 Å². The van der Waals surface area contributed by atoms with E-state index in [1.54, 1.807) is 4.90 Å². The molecule has 1 fully saturated rings. The van der Waals surface area contributed by atoms with E-state index < -0.39 is 11.2 Å². The van der Waals surface area contributed by atoms with Crippen molar-refractivity contribution in [3.05, 3.63) is 64.2 Å². The second-order valence-electron chi connectivity index (χ2n) is 6.63. The number of aromatic hydroxyl groups is 1. The van der Waals surface area contributed by atoms with Gasteiger partial charge in [-0.25, -0.2) is 0 Å². The molecule has 1 N–H and O–H groups in total. The molecule has 0 bridgehead atoms. The van der Waals surface area contributed by atoms with Crippen LogP contribution in [0.15, 0.2) is 51.9 Å². The maximum absolute atomic E-state index is 12.6. The topological polar surface area (TPSA) is 70.8 Å². The van der Waals surface area contributed by atoms with E-state index in [4.69, 9.17) is 4.42 Å². The number of benzene rings is 1. The molecular weight excluding hydrogens is 294 g/mol. The van der Waals surface area contributed by atoms with Crippen molar-refractivity contribution in [2.24, 2.45) is 5.41 Å². The van der Waals surface area contributed by atoms with Crippen LogP contribution in [0.1, 0.15) is 35.9 Å². The fraction of sp³-hybridized carbons (Fsp3) is 0.333. The van der Waals surface area contributed by atoms with Gasteiger partial charge in [0.2, 0.25) is 5.43 Å². The molecule has 2 aromatic rings. The van der Waals surface area contributed by atoms with Crippen molar-refractivity contribution in [1.82, 2.24) is 4.90 Å². The molecule has 23 heavy (non-hydrogen) atoms. The van der Waals surface area contributed by atoms with E-state index in [1.165, 1.54) is 5.56 Å². The van der Waals surface area contributed by atoms with Gasteiger partial charge in [-0.05, 0) is 11.0 Å². The van der Waals surface area contributed by atoms with Crippen LogP contribution in [0.4, 0.5) is 0 Å². The summed E-state index contributed by atoms with van der Waals surface area (Å²) >= 11 is 0. The van der Waals surface area contributed by atoms with Gasteiger partial charge in [-0.3, -0.25) is 9.59 Å². The first-order chi connectivity index (χ1) is 10.9. The van der Waals surface area contributed by atoms with E-state index in [0.717, 1.165) is 12.3 Å². The van der Waals surface area contributed by atoms with Gasteiger partial charge in [0.1, 0.15) is 6.26 Å². The minimum Gasteiger partial charge on any atom is -0.502 e. The second kappa shape index (κ2) is 5.57. The van der Waals surface area contributed by atoms with Gasteiger partial charge in [0, 0.05) is 25.1 Å². The van der Waals surface area contributed by atoms with Gasteiger partial charge in [0.05, 0.1) is 0 Å². The summed E-state index contributed by atoms with van der Waals surface area (Å²) in [4.78, 5) is 25.8. The quantitative estimate of drug-likeness (QED) is 0.925. The molecule has 0 saturated carbocycles. The Labute approximate surface area is 134 Å². The van der Waals surface area contributed by atoms with Crippen molar-refractivity contribution < 1.29 is 14.3 Å². The summed E-state index contributed by atoms with van der Waals surface area (Å²) in [5.74, 6) is -0.645. The van der Waals surface area contributed by atoms with Crippen LogP contribution in [0.3, 0.4) is 0 Å². The zero-order valence-corrected chi connectivity index (χ0v) is 13.2. The van der Waals surface area contributed by atoms with Gasteiger partial charge >= 0.3 is 0 Å². The molecule has 5 nitrogen and oxygen atoms in total. The maximum atomic E-state index is 12.6. The Balaban J connectivity index is 1.86. The molecule has 0 spiro atoms. The molecule has 3 rings (SSSR count). The van der Waals surface area contributed by atoms with Gasteiger partial charge in [0.25, 0.3) is 5.91 Å². The Bertz CT molecular complexity index is 779. The first-order valence-corrected chi connectivity index (χ1v) is 7.54. The number of amides is 1. The Morgan fingerprint density at radius 3 is 2.65 bits per heavy atom. The lowest BCUT2D eigenvalue weighted by molar-refractivity contribution is 0.0743. The van der Waals surface area contributed by atoms with Gasteiger partial charge in [0.15, 0.2) is 11.5 Å². The zero-order chi connectivity index (χ0) is 16.6. The molecule has 2 heterocycles. The number of hydrogen-bond acceptors (Lipinski definition) is 4. The van der Waals surface area contributed by atoms with Crippen molar-refractivity contribution in [1.29, 1.82) is 0 Å². The van der Waals surface area contributed by atoms with Crippen LogP contribution in [0.25, 0.3) is 0 Å². The van der Waals surface area contributed by atoms with Crippen LogP contribution >= 0.6 is 0 Å². The molecule has 0 aliphatic carbocycles. The van der Waals surface area contributed by atoms with Crippen LogP contribution in [-0.4, -0.2) is 29.0 Å². The monoisotopic (exact) mass is 313 g/mol. The molecule has 5 heteroatoms. The number of nitrogens with zero attached hydrogens (tertiary/aromatic N) is 1. The highest BCUT2D eigenvalue weighted by Gasteiger charge is 2.42. The highest BCUT2D eigenvalue weighted by molar-refractivity contribution is 5.91. The lowest BCUT2D eigenvalue weighted by Gasteiger charge is -2.25. The van der Waals surface area contributed by atoms with Gasteiger partial charge in [-0.1, -0.05) is 44.2 Å². The van der Waals surface area contributed by atoms with Gasteiger partial charge < -0.3 is 14.4 Å². The molecule has 0 radical (unpaired) electrons. The summed E-state index contributed by atoms with van der Waals surface area (Å²) in [7, 11) is 0. The number of carbonyl (C=O) groups is 1. The Hall–Kier alpha value is -2.56. The largest absolute Gasteiger partial charge is 0.502 e. The predicted octanol–water partition coefficient (Wildman–Crippen LogP) is 2.61. The molecule has 1 aromatic heterocycles. The zero-order valence-electron chi connectivity index (χ0n) is 13.2. The summed E-state index contributed by atoms with van der Waals surface area (Å²) < 4.78 is 5.08. The molecule has 1 aromatic carbocycles. The molecule has 120 valence electrons. The fourth-order valence-corrected chi connectivity index (χ4v) is 3.20. The molecule has 1 unspecified atom stereocenters. The first kappa shape index (κ1) is 15.3. The first-order valence-electron chi connectivity index (χ1n) is 7.54. The lowest BCUT2D eigenvalue weighted by Crippen LogP contribution is -2.30. The van der Waals surface area contributed by atoms with Crippen LogP contribution in [0.5, 0.6) is 5.75 Å². The van der Waals surface area contributed by atoms with Gasteiger partial charge in [-0.15, -0.1) is 0 Å². The summed E-state index contributed by atoms with van der Waals surface area (Å²) in [6.45, 7) is 5.41. The Morgan fingerprint density at radius 2 is 2.00 bits per heavy atom. The van der Waals surface area contributed by atoms with E-state index in [0.29, 0.717) is 13.1 Å².